The van der Waals surface area contributed by atoms with Gasteiger partial charge < -0.3 is 4.74 Å². The first-order chi connectivity index (χ1) is 6.13. The summed E-state index contributed by atoms with van der Waals surface area (Å²) < 4.78 is 17.9. The first-order valence-electron chi connectivity index (χ1n) is 4.10. The van der Waals surface area contributed by atoms with E-state index >= 15 is 0 Å². The standard InChI is InChI=1S/C10H12ClFO/c1-7(11)5-8-3-4-10(13-2)9(12)6-8/h3-4,6-7H,5H2,1-2H3. The van der Waals surface area contributed by atoms with Crippen LogP contribution in [0.3, 0.4) is 0 Å². The number of hydrogen-bond acceptors (Lipinski definition) is 1. The number of alkyl halides is 1. The Labute approximate surface area is 82.5 Å². The van der Waals surface area contributed by atoms with Crippen molar-refractivity contribution in [3.8, 4) is 5.75 Å². The monoisotopic (exact) mass is 202 g/mol. The molecule has 1 atom stereocenters. The van der Waals surface area contributed by atoms with E-state index in [9.17, 15) is 4.39 Å². The Bertz CT molecular complexity index is 286. The average Bonchev–Trinajstić information content (AvgIpc) is 2.03. The number of benzene rings is 1. The Balaban J connectivity index is 2.83. The first-order valence-corrected chi connectivity index (χ1v) is 4.53. The van der Waals surface area contributed by atoms with E-state index in [0.717, 1.165) is 5.56 Å². The summed E-state index contributed by atoms with van der Waals surface area (Å²) in [7, 11) is 1.45. The van der Waals surface area contributed by atoms with E-state index in [1.54, 1.807) is 6.07 Å². The maximum absolute atomic E-state index is 13.1. The van der Waals surface area contributed by atoms with Gasteiger partial charge in [0.15, 0.2) is 11.6 Å². The largest absolute Gasteiger partial charge is 0.494 e. The Morgan fingerprint density at radius 2 is 2.23 bits per heavy atom. The zero-order valence-corrected chi connectivity index (χ0v) is 8.44. The minimum atomic E-state index is -0.336. The molecule has 1 unspecified atom stereocenters. The van der Waals surface area contributed by atoms with Crippen LogP contribution in [0.15, 0.2) is 18.2 Å². The van der Waals surface area contributed by atoms with Gasteiger partial charge in [0.05, 0.1) is 7.11 Å². The molecule has 0 heterocycles. The smallest absolute Gasteiger partial charge is 0.165 e. The molecular formula is C10H12ClFO. The molecule has 13 heavy (non-hydrogen) atoms. The predicted octanol–water partition coefficient (Wildman–Crippen LogP) is 3.00. The van der Waals surface area contributed by atoms with Crippen LogP contribution in [-0.4, -0.2) is 12.5 Å². The number of methoxy groups -OCH3 is 1. The van der Waals surface area contributed by atoms with Gasteiger partial charge >= 0.3 is 0 Å². The van der Waals surface area contributed by atoms with Gasteiger partial charge in [-0.2, -0.15) is 0 Å². The zero-order valence-electron chi connectivity index (χ0n) is 7.68. The van der Waals surface area contributed by atoms with Gasteiger partial charge in [-0.05, 0) is 31.0 Å². The van der Waals surface area contributed by atoms with Crippen LogP contribution >= 0.6 is 11.6 Å². The molecule has 0 amide bonds. The van der Waals surface area contributed by atoms with Gasteiger partial charge in [-0.25, -0.2) is 4.39 Å². The second-order valence-electron chi connectivity index (χ2n) is 2.95. The summed E-state index contributed by atoms with van der Waals surface area (Å²) >= 11 is 5.78. The third-order valence-electron chi connectivity index (χ3n) is 1.73. The number of rotatable bonds is 3. The van der Waals surface area contributed by atoms with Gasteiger partial charge in [0.25, 0.3) is 0 Å². The van der Waals surface area contributed by atoms with E-state index in [4.69, 9.17) is 16.3 Å². The summed E-state index contributed by atoms with van der Waals surface area (Å²) in [5.41, 5.74) is 0.890. The Morgan fingerprint density at radius 1 is 1.54 bits per heavy atom. The molecule has 1 aromatic rings. The fourth-order valence-electron chi connectivity index (χ4n) is 1.16. The number of ether oxygens (including phenoxy) is 1. The molecule has 0 aliphatic carbocycles. The highest BCUT2D eigenvalue weighted by Gasteiger charge is 2.05. The van der Waals surface area contributed by atoms with Crippen LogP contribution in [0.2, 0.25) is 0 Å². The minimum absolute atomic E-state index is 0.0211. The number of halogens is 2. The molecule has 0 bridgehead atoms. The van der Waals surface area contributed by atoms with Crippen molar-refractivity contribution < 1.29 is 9.13 Å². The highest BCUT2D eigenvalue weighted by atomic mass is 35.5. The Hall–Kier alpha value is -0.760. The van der Waals surface area contributed by atoms with Crippen molar-refractivity contribution >= 4 is 11.6 Å². The molecule has 1 aromatic carbocycles. The van der Waals surface area contributed by atoms with E-state index in [1.807, 2.05) is 13.0 Å². The fraction of sp³-hybridized carbons (Fsp3) is 0.400. The summed E-state index contributed by atoms with van der Waals surface area (Å²) in [6.07, 6.45) is 0.669. The van der Waals surface area contributed by atoms with Gasteiger partial charge in [-0.3, -0.25) is 0 Å². The van der Waals surface area contributed by atoms with Crippen LogP contribution in [0.5, 0.6) is 5.75 Å². The van der Waals surface area contributed by atoms with Crippen molar-refractivity contribution in [3.63, 3.8) is 0 Å². The maximum Gasteiger partial charge on any atom is 0.165 e. The lowest BCUT2D eigenvalue weighted by Crippen LogP contribution is -1.98. The highest BCUT2D eigenvalue weighted by molar-refractivity contribution is 6.20. The summed E-state index contributed by atoms with van der Waals surface area (Å²) in [5, 5.41) is 0.0211. The molecule has 0 spiro atoms. The molecule has 0 saturated heterocycles. The summed E-state index contributed by atoms with van der Waals surface area (Å²) in [6, 6.07) is 4.89. The maximum atomic E-state index is 13.1. The second kappa shape index (κ2) is 4.47. The van der Waals surface area contributed by atoms with Crippen LogP contribution in [0, 0.1) is 5.82 Å². The van der Waals surface area contributed by atoms with E-state index in [1.165, 1.54) is 13.2 Å². The molecule has 0 radical (unpaired) electrons. The van der Waals surface area contributed by atoms with Crippen molar-refractivity contribution in [2.75, 3.05) is 7.11 Å². The van der Waals surface area contributed by atoms with Gasteiger partial charge in [-0.15, -0.1) is 11.6 Å². The third-order valence-corrected chi connectivity index (χ3v) is 1.89. The first kappa shape index (κ1) is 10.3. The molecule has 0 aliphatic heterocycles. The fourth-order valence-corrected chi connectivity index (χ4v) is 1.34. The van der Waals surface area contributed by atoms with Crippen molar-refractivity contribution in [2.24, 2.45) is 0 Å². The van der Waals surface area contributed by atoms with Gasteiger partial charge in [0.2, 0.25) is 0 Å². The highest BCUT2D eigenvalue weighted by Crippen LogP contribution is 2.19. The molecule has 72 valence electrons. The second-order valence-corrected chi connectivity index (χ2v) is 3.70. The third kappa shape index (κ3) is 2.88. The van der Waals surface area contributed by atoms with Crippen LogP contribution in [-0.2, 0) is 6.42 Å². The van der Waals surface area contributed by atoms with Crippen LogP contribution < -0.4 is 4.74 Å². The average molecular weight is 203 g/mol. The van der Waals surface area contributed by atoms with Crippen LogP contribution in [0.4, 0.5) is 4.39 Å². The molecule has 1 nitrogen and oxygen atoms in total. The molecule has 0 saturated carbocycles. The van der Waals surface area contributed by atoms with E-state index in [2.05, 4.69) is 0 Å². The van der Waals surface area contributed by atoms with E-state index < -0.39 is 0 Å². The lowest BCUT2D eigenvalue weighted by Gasteiger charge is -2.05. The van der Waals surface area contributed by atoms with Crippen molar-refractivity contribution in [2.45, 2.75) is 18.7 Å². The van der Waals surface area contributed by atoms with Crippen molar-refractivity contribution in [3.05, 3.63) is 29.6 Å². The van der Waals surface area contributed by atoms with Crippen molar-refractivity contribution in [1.82, 2.24) is 0 Å². The lowest BCUT2D eigenvalue weighted by molar-refractivity contribution is 0.386. The normalized spacial score (nSPS) is 12.6. The Morgan fingerprint density at radius 3 is 2.69 bits per heavy atom. The van der Waals surface area contributed by atoms with Crippen LogP contribution in [0.1, 0.15) is 12.5 Å². The molecule has 0 N–H and O–H groups in total. The van der Waals surface area contributed by atoms with Gasteiger partial charge in [0.1, 0.15) is 0 Å². The molecule has 0 aliphatic rings. The topological polar surface area (TPSA) is 9.23 Å². The molecule has 0 aromatic heterocycles. The number of hydrogen-bond donors (Lipinski definition) is 0. The summed E-state index contributed by atoms with van der Waals surface area (Å²) in [5.74, 6) is -0.0664. The molecular weight excluding hydrogens is 191 g/mol. The molecule has 0 fully saturated rings. The SMILES string of the molecule is COc1ccc(CC(C)Cl)cc1F. The minimum Gasteiger partial charge on any atom is -0.494 e. The predicted molar refractivity (Wildman–Crippen MR) is 52.0 cm³/mol. The van der Waals surface area contributed by atoms with E-state index in [-0.39, 0.29) is 16.9 Å². The van der Waals surface area contributed by atoms with Gasteiger partial charge in [0, 0.05) is 5.38 Å². The van der Waals surface area contributed by atoms with Gasteiger partial charge in [-0.1, -0.05) is 6.07 Å². The zero-order chi connectivity index (χ0) is 9.84. The summed E-state index contributed by atoms with van der Waals surface area (Å²) in [4.78, 5) is 0. The van der Waals surface area contributed by atoms with E-state index in [0.29, 0.717) is 6.42 Å². The van der Waals surface area contributed by atoms with Crippen LogP contribution in [0.25, 0.3) is 0 Å². The quantitative estimate of drug-likeness (QED) is 0.685. The lowest BCUT2D eigenvalue weighted by atomic mass is 10.1. The Kier molecular flexibility index (Phi) is 3.55. The molecule has 3 heteroatoms. The molecule has 1 rings (SSSR count). The summed E-state index contributed by atoms with van der Waals surface area (Å²) in [6.45, 7) is 1.88. The van der Waals surface area contributed by atoms with Crippen molar-refractivity contribution in [1.29, 1.82) is 0 Å².